The maximum atomic E-state index is 6.36. The number of benzene rings is 3. The number of rotatable bonds is 1. The van der Waals surface area contributed by atoms with E-state index in [4.69, 9.17) is 11.6 Å². The van der Waals surface area contributed by atoms with Crippen molar-refractivity contribution < 1.29 is 0 Å². The van der Waals surface area contributed by atoms with Gasteiger partial charge in [-0.3, -0.25) is 0 Å². The van der Waals surface area contributed by atoms with Crippen molar-refractivity contribution in [1.82, 2.24) is 4.57 Å². The molecule has 0 amide bonds. The Morgan fingerprint density at radius 3 is 1.57 bits per heavy atom. The van der Waals surface area contributed by atoms with Crippen LogP contribution >= 0.6 is 11.6 Å². The zero-order valence-electron chi connectivity index (χ0n) is 17.6. The van der Waals surface area contributed by atoms with Gasteiger partial charge in [-0.25, -0.2) is 0 Å². The third-order valence-electron chi connectivity index (χ3n) is 5.57. The number of hydrogen-bond donors (Lipinski definition) is 0. The quantitative estimate of drug-likeness (QED) is 0.310. The fourth-order valence-electron chi connectivity index (χ4n) is 3.84. The van der Waals surface area contributed by atoms with Gasteiger partial charge in [-0.05, 0) is 52.3 Å². The topological polar surface area (TPSA) is 4.93 Å². The van der Waals surface area contributed by atoms with Gasteiger partial charge in [0, 0.05) is 21.5 Å². The molecule has 4 rings (SSSR count). The summed E-state index contributed by atoms with van der Waals surface area (Å²) in [5.41, 5.74) is 6.43. The number of nitrogens with zero attached hydrogens (tertiary/aromatic N) is 1. The van der Waals surface area contributed by atoms with Crippen molar-refractivity contribution in [2.24, 2.45) is 0 Å². The van der Waals surface area contributed by atoms with Crippen molar-refractivity contribution >= 4 is 33.4 Å². The van der Waals surface area contributed by atoms with Crippen LogP contribution < -0.4 is 0 Å². The van der Waals surface area contributed by atoms with E-state index in [0.717, 1.165) is 10.7 Å². The van der Waals surface area contributed by atoms with E-state index in [-0.39, 0.29) is 10.8 Å². The van der Waals surface area contributed by atoms with Crippen LogP contribution in [0.1, 0.15) is 52.7 Å². The van der Waals surface area contributed by atoms with Crippen LogP contribution in [-0.2, 0) is 10.8 Å². The SMILES string of the molecule is CC(C)(C)c1ccc2c3ccc(C(C)(C)C)cc3n(-c3cccc(Cl)c3)c2c1. The van der Waals surface area contributed by atoms with Gasteiger partial charge in [-0.1, -0.05) is 83.5 Å². The first kappa shape index (κ1) is 19.1. The van der Waals surface area contributed by atoms with E-state index < -0.39 is 0 Å². The summed E-state index contributed by atoms with van der Waals surface area (Å²) in [6.07, 6.45) is 0. The zero-order valence-corrected chi connectivity index (χ0v) is 18.4. The minimum atomic E-state index is 0.0976. The minimum absolute atomic E-state index is 0.0976. The molecule has 0 saturated carbocycles. The highest BCUT2D eigenvalue weighted by Gasteiger charge is 2.20. The Balaban J connectivity index is 2.15. The third-order valence-corrected chi connectivity index (χ3v) is 5.80. The maximum absolute atomic E-state index is 6.36. The molecule has 0 fully saturated rings. The largest absolute Gasteiger partial charge is 0.309 e. The van der Waals surface area contributed by atoms with Crippen LogP contribution in [0.25, 0.3) is 27.5 Å². The summed E-state index contributed by atoms with van der Waals surface area (Å²) >= 11 is 6.36. The Morgan fingerprint density at radius 1 is 0.643 bits per heavy atom. The van der Waals surface area contributed by atoms with E-state index in [2.05, 4.69) is 88.6 Å². The van der Waals surface area contributed by atoms with Crippen molar-refractivity contribution in [3.8, 4) is 5.69 Å². The fraction of sp³-hybridized carbons (Fsp3) is 0.308. The molecule has 3 aromatic carbocycles. The van der Waals surface area contributed by atoms with Crippen molar-refractivity contribution in [3.63, 3.8) is 0 Å². The van der Waals surface area contributed by atoms with Crippen LogP contribution in [0.3, 0.4) is 0 Å². The molecule has 1 aromatic heterocycles. The summed E-state index contributed by atoms with van der Waals surface area (Å²) in [6, 6.07) is 21.9. The van der Waals surface area contributed by atoms with Gasteiger partial charge in [0.05, 0.1) is 11.0 Å². The van der Waals surface area contributed by atoms with Crippen LogP contribution in [0.15, 0.2) is 60.7 Å². The molecule has 0 N–H and O–H groups in total. The smallest absolute Gasteiger partial charge is 0.0544 e. The van der Waals surface area contributed by atoms with E-state index >= 15 is 0 Å². The Labute approximate surface area is 172 Å². The first-order valence-electron chi connectivity index (χ1n) is 9.91. The molecule has 0 spiro atoms. The highest BCUT2D eigenvalue weighted by atomic mass is 35.5. The number of halogens is 1. The van der Waals surface area contributed by atoms with E-state index in [1.165, 1.54) is 32.9 Å². The Kier molecular flexibility index (Phi) is 4.35. The van der Waals surface area contributed by atoms with Crippen LogP contribution in [0.2, 0.25) is 5.02 Å². The maximum Gasteiger partial charge on any atom is 0.0544 e. The second-order valence-corrected chi connectivity index (χ2v) is 10.2. The molecule has 0 aliphatic rings. The predicted octanol–water partition coefficient (Wildman–Crippen LogP) is 8.03. The molecule has 28 heavy (non-hydrogen) atoms. The lowest BCUT2D eigenvalue weighted by Gasteiger charge is -2.20. The van der Waals surface area contributed by atoms with E-state index in [1.54, 1.807) is 0 Å². The molecule has 0 aliphatic heterocycles. The molecule has 1 nitrogen and oxygen atoms in total. The lowest BCUT2D eigenvalue weighted by atomic mass is 9.86. The number of fused-ring (bicyclic) bond motifs is 3. The molecular weight excluding hydrogens is 362 g/mol. The van der Waals surface area contributed by atoms with Crippen LogP contribution in [0.5, 0.6) is 0 Å². The first-order valence-corrected chi connectivity index (χ1v) is 10.3. The number of aromatic nitrogens is 1. The summed E-state index contributed by atoms with van der Waals surface area (Å²) in [5.74, 6) is 0. The van der Waals surface area contributed by atoms with Gasteiger partial charge in [0.1, 0.15) is 0 Å². The third kappa shape index (κ3) is 3.22. The summed E-state index contributed by atoms with van der Waals surface area (Å²) in [4.78, 5) is 0. The lowest BCUT2D eigenvalue weighted by Crippen LogP contribution is -2.11. The second-order valence-electron chi connectivity index (χ2n) is 9.78. The van der Waals surface area contributed by atoms with E-state index in [1.807, 2.05) is 18.2 Å². The molecule has 2 heteroatoms. The van der Waals surface area contributed by atoms with Gasteiger partial charge in [-0.2, -0.15) is 0 Å². The molecule has 0 saturated heterocycles. The number of hydrogen-bond acceptors (Lipinski definition) is 0. The van der Waals surface area contributed by atoms with Gasteiger partial charge >= 0.3 is 0 Å². The van der Waals surface area contributed by atoms with Crippen molar-refractivity contribution in [2.75, 3.05) is 0 Å². The zero-order chi connectivity index (χ0) is 20.3. The van der Waals surface area contributed by atoms with Crippen molar-refractivity contribution in [3.05, 3.63) is 76.8 Å². The molecule has 144 valence electrons. The fourth-order valence-corrected chi connectivity index (χ4v) is 4.03. The molecule has 0 atom stereocenters. The normalized spacial score (nSPS) is 12.8. The van der Waals surface area contributed by atoms with Gasteiger partial charge < -0.3 is 4.57 Å². The molecule has 0 bridgehead atoms. The highest BCUT2D eigenvalue weighted by Crippen LogP contribution is 2.37. The molecule has 1 heterocycles. The second kappa shape index (κ2) is 6.39. The monoisotopic (exact) mass is 389 g/mol. The molecular formula is C26H28ClN. The van der Waals surface area contributed by atoms with Crippen LogP contribution in [0, 0.1) is 0 Å². The Morgan fingerprint density at radius 2 is 1.14 bits per heavy atom. The summed E-state index contributed by atoms with van der Waals surface area (Å²) in [6.45, 7) is 13.6. The van der Waals surface area contributed by atoms with Crippen molar-refractivity contribution in [2.45, 2.75) is 52.4 Å². The molecule has 0 aliphatic carbocycles. The van der Waals surface area contributed by atoms with E-state index in [9.17, 15) is 0 Å². The van der Waals surface area contributed by atoms with Gasteiger partial charge in [0.2, 0.25) is 0 Å². The summed E-state index contributed by atoms with van der Waals surface area (Å²) in [5, 5.41) is 3.32. The standard InChI is InChI=1S/C26H28ClN/c1-25(2,3)17-10-12-21-22-13-11-18(26(4,5)6)15-24(22)28(23(21)14-17)20-9-7-8-19(27)16-20/h7-16H,1-6H3. The minimum Gasteiger partial charge on any atom is -0.309 e. The van der Waals surface area contributed by atoms with E-state index in [0.29, 0.717) is 0 Å². The van der Waals surface area contributed by atoms with Gasteiger partial charge in [-0.15, -0.1) is 0 Å². The molecule has 4 aromatic rings. The average Bonchev–Trinajstić information content (AvgIpc) is 2.93. The molecule has 0 radical (unpaired) electrons. The lowest BCUT2D eigenvalue weighted by molar-refractivity contribution is 0.591. The van der Waals surface area contributed by atoms with Gasteiger partial charge in [0.25, 0.3) is 0 Å². The molecule has 0 unspecified atom stereocenters. The summed E-state index contributed by atoms with van der Waals surface area (Å²) < 4.78 is 2.36. The average molecular weight is 390 g/mol. The first-order chi connectivity index (χ1) is 13.1. The van der Waals surface area contributed by atoms with Crippen LogP contribution in [0.4, 0.5) is 0 Å². The predicted molar refractivity (Wildman–Crippen MR) is 123 cm³/mol. The van der Waals surface area contributed by atoms with Gasteiger partial charge in [0.15, 0.2) is 0 Å². The highest BCUT2D eigenvalue weighted by molar-refractivity contribution is 6.30. The van der Waals surface area contributed by atoms with Crippen molar-refractivity contribution in [1.29, 1.82) is 0 Å². The van der Waals surface area contributed by atoms with Crippen LogP contribution in [-0.4, -0.2) is 4.57 Å². The summed E-state index contributed by atoms with van der Waals surface area (Å²) in [7, 11) is 0. The Bertz CT molecular complexity index is 1110. The Hall–Kier alpha value is -2.25.